The second kappa shape index (κ2) is 10.9. The summed E-state index contributed by atoms with van der Waals surface area (Å²) in [7, 11) is 1.57. The number of methoxy groups -OCH3 is 1. The van der Waals surface area contributed by atoms with Crippen molar-refractivity contribution in [2.75, 3.05) is 25.6 Å². The predicted molar refractivity (Wildman–Crippen MR) is 109 cm³/mol. The highest BCUT2D eigenvalue weighted by atomic mass is 16.5. The third-order valence-corrected chi connectivity index (χ3v) is 3.67. The topological polar surface area (TPSA) is 93.7 Å². The van der Waals surface area contributed by atoms with E-state index in [4.69, 9.17) is 15.9 Å². The Hall–Kier alpha value is -4.05. The van der Waals surface area contributed by atoms with Gasteiger partial charge in [-0.2, -0.15) is 0 Å². The Morgan fingerprint density at radius 1 is 1.10 bits per heavy atom. The highest BCUT2D eigenvalue weighted by Crippen LogP contribution is 2.17. The van der Waals surface area contributed by atoms with Crippen LogP contribution in [-0.4, -0.2) is 38.0 Å². The summed E-state index contributed by atoms with van der Waals surface area (Å²) in [6.45, 7) is -0.427. The van der Waals surface area contributed by atoms with Crippen LogP contribution in [-0.2, 0) is 14.3 Å². The zero-order valence-electron chi connectivity index (χ0n) is 15.8. The van der Waals surface area contributed by atoms with Gasteiger partial charge in [-0.25, -0.2) is 4.79 Å². The molecule has 148 valence electrons. The van der Waals surface area contributed by atoms with Crippen molar-refractivity contribution in [2.24, 2.45) is 0 Å². The number of anilines is 1. The summed E-state index contributed by atoms with van der Waals surface area (Å²) in [6, 6.07) is 13.5. The lowest BCUT2D eigenvalue weighted by Gasteiger charge is -2.09. The maximum Gasteiger partial charge on any atom is 0.340 e. The number of esters is 1. The number of amides is 2. The van der Waals surface area contributed by atoms with Gasteiger partial charge in [0, 0.05) is 6.08 Å². The molecule has 0 heterocycles. The molecule has 0 aromatic heterocycles. The Morgan fingerprint density at radius 3 is 2.52 bits per heavy atom. The molecule has 2 N–H and O–H groups in total. The smallest absolute Gasteiger partial charge is 0.340 e. The van der Waals surface area contributed by atoms with Gasteiger partial charge in [0.25, 0.3) is 5.91 Å². The molecule has 0 atom stereocenters. The molecule has 0 saturated heterocycles. The third kappa shape index (κ3) is 6.88. The first kappa shape index (κ1) is 21.3. The molecule has 2 rings (SSSR count). The summed E-state index contributed by atoms with van der Waals surface area (Å²) in [5.74, 6) is 1.28. The number of carbonyl (C=O) groups excluding carboxylic acids is 3. The number of ether oxygens (including phenoxy) is 2. The van der Waals surface area contributed by atoms with Gasteiger partial charge < -0.3 is 20.1 Å². The molecule has 0 fully saturated rings. The molecule has 0 aliphatic rings. The fourth-order valence-electron chi connectivity index (χ4n) is 2.24. The van der Waals surface area contributed by atoms with Crippen LogP contribution in [0.25, 0.3) is 6.08 Å². The summed E-state index contributed by atoms with van der Waals surface area (Å²) in [6.07, 6.45) is 8.02. The summed E-state index contributed by atoms with van der Waals surface area (Å²) >= 11 is 0. The van der Waals surface area contributed by atoms with E-state index in [0.717, 1.165) is 5.56 Å². The lowest BCUT2D eigenvalue weighted by molar-refractivity contribution is -0.124. The van der Waals surface area contributed by atoms with Crippen LogP contribution in [0, 0.1) is 12.3 Å². The number of para-hydroxylation sites is 1. The fraction of sp³-hybridized carbons (Fsp3) is 0.136. The first-order valence-electron chi connectivity index (χ1n) is 8.63. The van der Waals surface area contributed by atoms with Gasteiger partial charge >= 0.3 is 5.97 Å². The Kier molecular flexibility index (Phi) is 8.02. The first-order chi connectivity index (χ1) is 14.0. The molecule has 7 heteroatoms. The van der Waals surface area contributed by atoms with Crippen LogP contribution in [0.15, 0.2) is 54.6 Å². The Bertz CT molecular complexity index is 942. The van der Waals surface area contributed by atoms with Crippen molar-refractivity contribution in [2.45, 2.75) is 0 Å². The SMILES string of the molecule is C#CCNC(=O)COC(=O)c1ccccc1NC(=O)/C=C/c1ccc(OC)cc1. The molecule has 0 unspecified atom stereocenters. The third-order valence-electron chi connectivity index (χ3n) is 3.67. The molecular formula is C22H20N2O5. The quantitative estimate of drug-likeness (QED) is 0.408. The van der Waals surface area contributed by atoms with E-state index >= 15 is 0 Å². The number of nitrogens with one attached hydrogen (secondary N) is 2. The molecule has 0 aliphatic carbocycles. The van der Waals surface area contributed by atoms with Gasteiger partial charge in [-0.3, -0.25) is 9.59 Å². The van der Waals surface area contributed by atoms with Gasteiger partial charge in [-0.05, 0) is 35.9 Å². The largest absolute Gasteiger partial charge is 0.497 e. The van der Waals surface area contributed by atoms with E-state index in [2.05, 4.69) is 16.6 Å². The van der Waals surface area contributed by atoms with Crippen molar-refractivity contribution in [1.82, 2.24) is 5.32 Å². The number of rotatable bonds is 8. The number of hydrogen-bond donors (Lipinski definition) is 2. The lowest BCUT2D eigenvalue weighted by atomic mass is 10.1. The summed E-state index contributed by atoms with van der Waals surface area (Å²) in [4.78, 5) is 35.9. The molecule has 7 nitrogen and oxygen atoms in total. The van der Waals surface area contributed by atoms with Gasteiger partial charge in [-0.1, -0.05) is 30.2 Å². The average Bonchev–Trinajstić information content (AvgIpc) is 2.75. The molecule has 2 aromatic carbocycles. The van der Waals surface area contributed by atoms with Crippen molar-refractivity contribution >= 4 is 29.5 Å². The monoisotopic (exact) mass is 392 g/mol. The zero-order chi connectivity index (χ0) is 21.1. The molecule has 0 radical (unpaired) electrons. The van der Waals surface area contributed by atoms with E-state index in [1.165, 1.54) is 12.1 Å². The van der Waals surface area contributed by atoms with Crippen LogP contribution in [0.4, 0.5) is 5.69 Å². The minimum Gasteiger partial charge on any atom is -0.497 e. The minimum absolute atomic E-state index is 0.0452. The predicted octanol–water partition coefficient (Wildman–Crippen LogP) is 2.25. The normalized spacial score (nSPS) is 10.1. The second-order valence-corrected chi connectivity index (χ2v) is 5.70. The lowest BCUT2D eigenvalue weighted by Crippen LogP contribution is -2.29. The Morgan fingerprint density at radius 2 is 1.83 bits per heavy atom. The highest BCUT2D eigenvalue weighted by Gasteiger charge is 2.15. The summed E-state index contributed by atoms with van der Waals surface area (Å²) < 4.78 is 10.0. The van der Waals surface area contributed by atoms with Crippen LogP contribution < -0.4 is 15.4 Å². The number of terminal acetylenes is 1. The average molecular weight is 392 g/mol. The Labute approximate surface area is 168 Å². The molecule has 2 amide bonds. The van der Waals surface area contributed by atoms with Crippen molar-refractivity contribution in [3.63, 3.8) is 0 Å². The van der Waals surface area contributed by atoms with E-state index in [1.807, 2.05) is 0 Å². The highest BCUT2D eigenvalue weighted by molar-refractivity contribution is 6.06. The summed E-state index contributed by atoms with van der Waals surface area (Å²) in [5, 5.41) is 5.01. The number of hydrogen-bond acceptors (Lipinski definition) is 5. The second-order valence-electron chi connectivity index (χ2n) is 5.70. The maximum absolute atomic E-state index is 12.2. The molecule has 0 aliphatic heterocycles. The zero-order valence-corrected chi connectivity index (χ0v) is 15.8. The molecule has 2 aromatic rings. The van der Waals surface area contributed by atoms with Crippen LogP contribution >= 0.6 is 0 Å². The van der Waals surface area contributed by atoms with Crippen LogP contribution in [0.1, 0.15) is 15.9 Å². The van der Waals surface area contributed by atoms with E-state index < -0.39 is 24.4 Å². The molecular weight excluding hydrogens is 372 g/mol. The Balaban J connectivity index is 1.99. The molecule has 0 saturated carbocycles. The van der Waals surface area contributed by atoms with Gasteiger partial charge in [0.1, 0.15) is 5.75 Å². The summed E-state index contributed by atoms with van der Waals surface area (Å²) in [5.41, 5.74) is 1.21. The van der Waals surface area contributed by atoms with Crippen molar-refractivity contribution in [1.29, 1.82) is 0 Å². The van der Waals surface area contributed by atoms with Crippen molar-refractivity contribution in [3.05, 3.63) is 65.7 Å². The van der Waals surface area contributed by atoms with E-state index in [1.54, 1.807) is 55.7 Å². The first-order valence-corrected chi connectivity index (χ1v) is 8.63. The number of benzene rings is 2. The van der Waals surface area contributed by atoms with Gasteiger partial charge in [0.2, 0.25) is 5.91 Å². The van der Waals surface area contributed by atoms with E-state index in [-0.39, 0.29) is 17.8 Å². The van der Waals surface area contributed by atoms with Gasteiger partial charge in [0.15, 0.2) is 6.61 Å². The van der Waals surface area contributed by atoms with Gasteiger partial charge in [0.05, 0.1) is 24.9 Å². The van der Waals surface area contributed by atoms with Crippen molar-refractivity contribution in [3.8, 4) is 18.1 Å². The maximum atomic E-state index is 12.2. The molecule has 29 heavy (non-hydrogen) atoms. The molecule has 0 bridgehead atoms. The van der Waals surface area contributed by atoms with Crippen LogP contribution in [0.2, 0.25) is 0 Å². The van der Waals surface area contributed by atoms with Crippen molar-refractivity contribution < 1.29 is 23.9 Å². The van der Waals surface area contributed by atoms with E-state index in [9.17, 15) is 14.4 Å². The van der Waals surface area contributed by atoms with Crippen LogP contribution in [0.5, 0.6) is 5.75 Å². The fourth-order valence-corrected chi connectivity index (χ4v) is 2.24. The minimum atomic E-state index is -0.740. The van der Waals surface area contributed by atoms with Crippen LogP contribution in [0.3, 0.4) is 0 Å². The number of carbonyl (C=O) groups is 3. The van der Waals surface area contributed by atoms with E-state index in [0.29, 0.717) is 5.75 Å². The molecule has 0 spiro atoms. The standard InChI is InChI=1S/C22H20N2O5/c1-3-14-23-21(26)15-29-22(27)18-6-4-5-7-19(18)24-20(25)13-10-16-8-11-17(28-2)12-9-16/h1,4-13H,14-15H2,2H3,(H,23,26)(H,24,25)/b13-10+. The van der Waals surface area contributed by atoms with Gasteiger partial charge in [-0.15, -0.1) is 6.42 Å².